The molecule has 1 heterocycles. The minimum absolute atomic E-state index is 0.242. The summed E-state index contributed by atoms with van der Waals surface area (Å²) in [7, 11) is 7.07. The zero-order chi connectivity index (χ0) is 22.2. The van der Waals surface area contributed by atoms with E-state index < -0.39 is 0 Å². The first-order valence-corrected chi connectivity index (χ1v) is 10.5. The normalized spacial score (nSPS) is 14.0. The smallest absolute Gasteiger partial charge is 0.222 e. The van der Waals surface area contributed by atoms with Crippen LogP contribution in [-0.4, -0.2) is 56.5 Å². The van der Waals surface area contributed by atoms with Crippen LogP contribution in [0.4, 0.5) is 0 Å². The predicted octanol–water partition coefficient (Wildman–Crippen LogP) is 3.03. The zero-order valence-corrected chi connectivity index (χ0v) is 18.9. The van der Waals surface area contributed by atoms with Crippen LogP contribution in [0.3, 0.4) is 0 Å². The van der Waals surface area contributed by atoms with Crippen LogP contribution in [0, 0.1) is 0 Å². The van der Waals surface area contributed by atoms with Crippen LogP contribution in [0.1, 0.15) is 29.5 Å². The van der Waals surface area contributed by atoms with Crippen LogP contribution in [0.2, 0.25) is 0 Å². The zero-order valence-electron chi connectivity index (χ0n) is 18.9. The minimum Gasteiger partial charge on any atom is -0.497 e. The summed E-state index contributed by atoms with van der Waals surface area (Å²) in [4.78, 5) is 20.5. The van der Waals surface area contributed by atoms with E-state index in [1.54, 1.807) is 21.3 Å². The number of amides is 1. The van der Waals surface area contributed by atoms with Gasteiger partial charge in [-0.3, -0.25) is 9.79 Å². The Kier molecular flexibility index (Phi) is 7.76. The van der Waals surface area contributed by atoms with Crippen LogP contribution in [0.15, 0.2) is 47.5 Å². The Labute approximate surface area is 184 Å². The van der Waals surface area contributed by atoms with Crippen LogP contribution in [0.5, 0.6) is 11.5 Å². The average Bonchev–Trinajstić information content (AvgIpc) is 3.19. The summed E-state index contributed by atoms with van der Waals surface area (Å²) >= 11 is 0. The predicted molar refractivity (Wildman–Crippen MR) is 122 cm³/mol. The summed E-state index contributed by atoms with van der Waals surface area (Å²) in [5.41, 5.74) is 3.38. The number of nitrogens with one attached hydrogen (secondary N) is 1. The minimum atomic E-state index is 0.242. The Morgan fingerprint density at radius 1 is 1.13 bits per heavy atom. The van der Waals surface area contributed by atoms with E-state index >= 15 is 0 Å². The number of benzene rings is 2. The van der Waals surface area contributed by atoms with Gasteiger partial charge in [0.25, 0.3) is 0 Å². The molecule has 0 atom stereocenters. The molecule has 7 nitrogen and oxygen atoms in total. The number of hydrogen-bond donors (Lipinski definition) is 1. The van der Waals surface area contributed by atoms with Gasteiger partial charge < -0.3 is 24.6 Å². The van der Waals surface area contributed by atoms with E-state index in [4.69, 9.17) is 9.47 Å². The Balaban J connectivity index is 1.65. The second-order valence-electron chi connectivity index (χ2n) is 7.62. The van der Waals surface area contributed by atoms with Gasteiger partial charge in [0.15, 0.2) is 5.96 Å². The number of carbonyl (C=O) groups excluding carboxylic acids is 1. The second kappa shape index (κ2) is 10.7. The molecule has 3 rings (SSSR count). The number of guanidine groups is 1. The molecule has 166 valence electrons. The van der Waals surface area contributed by atoms with Crippen molar-refractivity contribution in [3.8, 4) is 11.5 Å². The number of methoxy groups -OCH3 is 2. The Bertz CT molecular complexity index is 929. The van der Waals surface area contributed by atoms with Gasteiger partial charge in [-0.15, -0.1) is 0 Å². The molecule has 31 heavy (non-hydrogen) atoms. The summed E-state index contributed by atoms with van der Waals surface area (Å²) < 4.78 is 10.8. The summed E-state index contributed by atoms with van der Waals surface area (Å²) in [6.07, 6.45) is 1.61. The first-order chi connectivity index (χ1) is 15.0. The number of hydrogen-bond acceptors (Lipinski definition) is 4. The van der Waals surface area contributed by atoms with Crippen LogP contribution in [-0.2, 0) is 24.4 Å². The molecule has 0 aliphatic carbocycles. The monoisotopic (exact) mass is 424 g/mol. The highest BCUT2D eigenvalue weighted by Crippen LogP contribution is 2.25. The number of nitrogens with zero attached hydrogens (tertiary/aromatic N) is 3. The molecule has 0 saturated carbocycles. The number of likely N-dealkylation sites (tertiary alicyclic amines) is 1. The molecular weight excluding hydrogens is 392 g/mol. The third kappa shape index (κ3) is 5.69. The Morgan fingerprint density at radius 3 is 2.55 bits per heavy atom. The number of rotatable bonds is 8. The van der Waals surface area contributed by atoms with Gasteiger partial charge in [0.1, 0.15) is 11.5 Å². The third-order valence-electron chi connectivity index (χ3n) is 5.56. The summed E-state index contributed by atoms with van der Waals surface area (Å²) in [5.74, 6) is 2.57. The SMILES string of the molecule is CN=C(NCc1ccccc1CN1CCCC1=O)N(C)Cc1ccc(OC)cc1OC. The van der Waals surface area contributed by atoms with Gasteiger partial charge in [0.2, 0.25) is 5.91 Å². The second-order valence-corrected chi connectivity index (χ2v) is 7.62. The van der Waals surface area contributed by atoms with E-state index in [1.165, 1.54) is 11.1 Å². The number of ether oxygens (including phenoxy) is 2. The van der Waals surface area contributed by atoms with Crippen molar-refractivity contribution in [2.24, 2.45) is 4.99 Å². The molecule has 0 spiro atoms. The standard InChI is InChI=1S/C24H32N4O3/c1-25-24(27(2)16-20-11-12-21(30-3)14-22(20)31-4)26-15-18-8-5-6-9-19(18)17-28-13-7-10-23(28)29/h5-6,8-9,11-12,14H,7,10,13,15-17H2,1-4H3,(H,25,26). The molecule has 0 radical (unpaired) electrons. The Hall–Kier alpha value is -3.22. The van der Waals surface area contributed by atoms with E-state index in [9.17, 15) is 4.79 Å². The van der Waals surface area contributed by atoms with Crippen molar-refractivity contribution in [2.75, 3.05) is 34.9 Å². The molecule has 2 aromatic rings. The van der Waals surface area contributed by atoms with E-state index in [0.717, 1.165) is 36.0 Å². The molecule has 0 unspecified atom stereocenters. The summed E-state index contributed by atoms with van der Waals surface area (Å²) in [6.45, 7) is 2.77. The van der Waals surface area contributed by atoms with Crippen LogP contribution < -0.4 is 14.8 Å². The van der Waals surface area contributed by atoms with E-state index in [2.05, 4.69) is 27.3 Å². The number of aliphatic imine (C=N–C) groups is 1. The van der Waals surface area contributed by atoms with Crippen molar-refractivity contribution in [3.05, 3.63) is 59.2 Å². The van der Waals surface area contributed by atoms with Gasteiger partial charge in [-0.2, -0.15) is 0 Å². The molecular formula is C24H32N4O3. The van der Waals surface area contributed by atoms with Crippen molar-refractivity contribution in [1.29, 1.82) is 0 Å². The lowest BCUT2D eigenvalue weighted by Crippen LogP contribution is -2.38. The fourth-order valence-corrected chi connectivity index (χ4v) is 3.83. The van der Waals surface area contributed by atoms with Gasteiger partial charge in [-0.25, -0.2) is 0 Å². The van der Waals surface area contributed by atoms with Gasteiger partial charge in [0, 0.05) is 58.3 Å². The molecule has 7 heteroatoms. The first-order valence-electron chi connectivity index (χ1n) is 10.5. The Morgan fingerprint density at radius 2 is 1.90 bits per heavy atom. The lowest BCUT2D eigenvalue weighted by Gasteiger charge is -2.24. The molecule has 0 bridgehead atoms. The van der Waals surface area contributed by atoms with Gasteiger partial charge >= 0.3 is 0 Å². The van der Waals surface area contributed by atoms with Crippen molar-refractivity contribution in [1.82, 2.24) is 15.1 Å². The van der Waals surface area contributed by atoms with Gasteiger partial charge in [-0.1, -0.05) is 24.3 Å². The molecule has 1 aliphatic rings. The highest BCUT2D eigenvalue weighted by atomic mass is 16.5. The highest BCUT2D eigenvalue weighted by Gasteiger charge is 2.21. The van der Waals surface area contributed by atoms with Crippen LogP contribution in [0.25, 0.3) is 0 Å². The average molecular weight is 425 g/mol. The fraction of sp³-hybridized carbons (Fsp3) is 0.417. The lowest BCUT2D eigenvalue weighted by atomic mass is 10.1. The van der Waals surface area contributed by atoms with E-state index in [1.807, 2.05) is 42.3 Å². The fourth-order valence-electron chi connectivity index (χ4n) is 3.83. The maximum Gasteiger partial charge on any atom is 0.222 e. The van der Waals surface area contributed by atoms with Crippen molar-refractivity contribution in [2.45, 2.75) is 32.5 Å². The maximum atomic E-state index is 12.0. The maximum absolute atomic E-state index is 12.0. The van der Waals surface area contributed by atoms with E-state index in [0.29, 0.717) is 26.1 Å². The lowest BCUT2D eigenvalue weighted by molar-refractivity contribution is -0.128. The topological polar surface area (TPSA) is 66.4 Å². The van der Waals surface area contributed by atoms with Crippen molar-refractivity contribution >= 4 is 11.9 Å². The molecule has 0 aromatic heterocycles. The molecule has 2 aromatic carbocycles. The first kappa shape index (κ1) is 22.5. The third-order valence-corrected chi connectivity index (χ3v) is 5.56. The van der Waals surface area contributed by atoms with Crippen molar-refractivity contribution < 1.29 is 14.3 Å². The highest BCUT2D eigenvalue weighted by molar-refractivity contribution is 5.80. The largest absolute Gasteiger partial charge is 0.497 e. The molecule has 1 saturated heterocycles. The summed E-state index contributed by atoms with van der Waals surface area (Å²) in [6, 6.07) is 14.1. The molecule has 1 N–H and O–H groups in total. The molecule has 1 fully saturated rings. The van der Waals surface area contributed by atoms with E-state index in [-0.39, 0.29) is 5.91 Å². The van der Waals surface area contributed by atoms with Crippen molar-refractivity contribution in [3.63, 3.8) is 0 Å². The molecule has 1 aliphatic heterocycles. The van der Waals surface area contributed by atoms with Gasteiger partial charge in [-0.05, 0) is 29.7 Å². The number of carbonyl (C=O) groups is 1. The van der Waals surface area contributed by atoms with Crippen LogP contribution >= 0.6 is 0 Å². The molecule has 1 amide bonds. The summed E-state index contributed by atoms with van der Waals surface area (Å²) in [5, 5.41) is 3.45. The quantitative estimate of drug-likeness (QED) is 0.521. The van der Waals surface area contributed by atoms with Gasteiger partial charge in [0.05, 0.1) is 14.2 Å².